The van der Waals surface area contributed by atoms with Gasteiger partial charge in [0.25, 0.3) is 0 Å². The van der Waals surface area contributed by atoms with Crippen molar-refractivity contribution in [1.82, 2.24) is 49.5 Å². The Morgan fingerprint density at radius 1 is 0.808 bits per heavy atom. The van der Waals surface area contributed by atoms with E-state index in [1.54, 1.807) is 12.4 Å². The van der Waals surface area contributed by atoms with Gasteiger partial charge >= 0.3 is 21.1 Å². The summed E-state index contributed by atoms with van der Waals surface area (Å²) in [5.41, 5.74) is 1.04. The van der Waals surface area contributed by atoms with Gasteiger partial charge in [0.15, 0.2) is 0 Å². The second kappa shape index (κ2) is 7.17. The van der Waals surface area contributed by atoms with Crippen molar-refractivity contribution in [1.29, 1.82) is 0 Å². The fourth-order valence-electron chi connectivity index (χ4n) is 2.29. The number of hydrogen-bond donors (Lipinski definition) is 0. The Bertz CT molecular complexity index is 902. The third kappa shape index (κ3) is 3.27. The fraction of sp³-hybridized carbons (Fsp3) is 0.200. The maximum atomic E-state index is 4.57. The molecular weight excluding hydrogens is 515 g/mol. The standard InChI is InChI=1S/C15H12N10.Pt/c1-15(2,11-3-5-18-13(22-11)24-9-16-7-20-24)12-4-6-19-14(23-12)25-10-17-8-21-25;/h3-8H,1-2H3;/q-2;+2. The largest absolute Gasteiger partial charge is 2.00 e. The van der Waals surface area contributed by atoms with Gasteiger partial charge in [0, 0.05) is 54.5 Å². The van der Waals surface area contributed by atoms with E-state index in [9.17, 15) is 0 Å². The summed E-state index contributed by atoms with van der Waals surface area (Å²) in [6.07, 6.45) is 11.5. The smallest absolute Gasteiger partial charge is 0.353 e. The molecule has 4 rings (SSSR count). The molecule has 0 aliphatic rings. The molecule has 4 aromatic rings. The van der Waals surface area contributed by atoms with Crippen molar-refractivity contribution < 1.29 is 21.1 Å². The molecule has 0 spiro atoms. The number of nitrogens with zero attached hydrogens (tertiary/aromatic N) is 10. The summed E-state index contributed by atoms with van der Waals surface area (Å²) < 4.78 is 2.77. The van der Waals surface area contributed by atoms with Crippen molar-refractivity contribution in [3.63, 3.8) is 0 Å². The van der Waals surface area contributed by atoms with Gasteiger partial charge in [0.1, 0.15) is 11.9 Å². The summed E-state index contributed by atoms with van der Waals surface area (Å²) in [5, 5.41) is 8.01. The van der Waals surface area contributed by atoms with Gasteiger partial charge in [-0.05, 0) is 26.0 Å². The third-order valence-corrected chi connectivity index (χ3v) is 3.70. The average molecular weight is 527 g/mol. The predicted octanol–water partition coefficient (Wildman–Crippen LogP) is 0.352. The molecule has 0 aliphatic carbocycles. The first-order chi connectivity index (χ1) is 12.1. The van der Waals surface area contributed by atoms with Gasteiger partial charge in [-0.2, -0.15) is 0 Å². The molecule has 0 N–H and O–H groups in total. The van der Waals surface area contributed by atoms with E-state index in [0.29, 0.717) is 11.9 Å². The molecule has 26 heavy (non-hydrogen) atoms. The first kappa shape index (κ1) is 17.9. The molecule has 0 aromatic carbocycles. The van der Waals surface area contributed by atoms with E-state index in [1.807, 2.05) is 26.0 Å². The van der Waals surface area contributed by atoms with Crippen molar-refractivity contribution >= 4 is 0 Å². The van der Waals surface area contributed by atoms with Crippen LogP contribution in [0.3, 0.4) is 0 Å². The first-order valence-electron chi connectivity index (χ1n) is 7.38. The summed E-state index contributed by atoms with van der Waals surface area (Å²) in [6, 6.07) is 3.67. The maximum Gasteiger partial charge on any atom is 2.00 e. The van der Waals surface area contributed by atoms with Gasteiger partial charge in [0.2, 0.25) is 0 Å². The van der Waals surface area contributed by atoms with Gasteiger partial charge in [-0.15, -0.1) is 0 Å². The molecule has 0 fully saturated rings. The van der Waals surface area contributed by atoms with Crippen LogP contribution in [-0.2, 0) is 26.5 Å². The van der Waals surface area contributed by atoms with Crippen LogP contribution in [0.1, 0.15) is 25.2 Å². The fourth-order valence-corrected chi connectivity index (χ4v) is 2.29. The van der Waals surface area contributed by atoms with Crippen molar-refractivity contribution in [3.05, 3.63) is 61.2 Å². The van der Waals surface area contributed by atoms with E-state index in [2.05, 4.69) is 52.8 Å². The normalized spacial score (nSPS) is 11.2. The molecule has 4 heterocycles. The molecule has 4 aromatic heterocycles. The quantitative estimate of drug-likeness (QED) is 0.350. The van der Waals surface area contributed by atoms with Crippen molar-refractivity contribution in [3.8, 4) is 11.9 Å². The molecule has 0 saturated carbocycles. The Labute approximate surface area is 163 Å². The molecule has 0 aliphatic heterocycles. The van der Waals surface area contributed by atoms with E-state index >= 15 is 0 Å². The van der Waals surface area contributed by atoms with Crippen molar-refractivity contribution in [2.75, 3.05) is 0 Å². The Hall–Kier alpha value is -2.87. The van der Waals surface area contributed by atoms with E-state index in [1.165, 1.54) is 22.0 Å². The van der Waals surface area contributed by atoms with Crippen LogP contribution in [0.15, 0.2) is 37.2 Å². The molecule has 0 unspecified atom stereocenters. The molecule has 0 amide bonds. The molecule has 0 bridgehead atoms. The van der Waals surface area contributed by atoms with Crippen LogP contribution in [0.4, 0.5) is 0 Å². The van der Waals surface area contributed by atoms with Gasteiger partial charge < -0.3 is 19.3 Å². The van der Waals surface area contributed by atoms with Gasteiger partial charge in [-0.3, -0.25) is 19.9 Å². The predicted molar refractivity (Wildman–Crippen MR) is 83.7 cm³/mol. The molecule has 10 nitrogen and oxygen atoms in total. The molecule has 11 heteroatoms. The van der Waals surface area contributed by atoms with E-state index < -0.39 is 5.41 Å². The van der Waals surface area contributed by atoms with Crippen LogP contribution in [0.5, 0.6) is 0 Å². The monoisotopic (exact) mass is 527 g/mol. The van der Waals surface area contributed by atoms with Crippen LogP contribution in [0.2, 0.25) is 0 Å². The maximum absolute atomic E-state index is 4.57. The summed E-state index contributed by atoms with van der Waals surface area (Å²) in [4.78, 5) is 25.1. The molecule has 0 atom stereocenters. The topological polar surface area (TPSA) is 113 Å². The number of hydrogen-bond acceptors (Lipinski definition) is 8. The Morgan fingerprint density at radius 3 is 1.65 bits per heavy atom. The Kier molecular flexibility index (Phi) is 4.94. The number of aromatic nitrogens is 10. The van der Waals surface area contributed by atoms with Crippen LogP contribution < -0.4 is 0 Å². The second-order valence-electron chi connectivity index (χ2n) is 5.65. The molecule has 132 valence electrons. The Balaban J connectivity index is 0.00000196. The van der Waals surface area contributed by atoms with Crippen molar-refractivity contribution in [2.45, 2.75) is 19.3 Å². The Morgan fingerprint density at radius 2 is 1.27 bits per heavy atom. The first-order valence-corrected chi connectivity index (χ1v) is 7.38. The van der Waals surface area contributed by atoms with Gasteiger partial charge in [0.05, 0.1) is 0 Å². The van der Waals surface area contributed by atoms with Crippen molar-refractivity contribution in [2.24, 2.45) is 0 Å². The van der Waals surface area contributed by atoms with E-state index in [0.717, 1.165) is 11.4 Å². The summed E-state index contributed by atoms with van der Waals surface area (Å²) in [6.45, 7) is 4.03. The summed E-state index contributed by atoms with van der Waals surface area (Å²) >= 11 is 0. The van der Waals surface area contributed by atoms with Crippen LogP contribution in [-0.4, -0.2) is 49.5 Å². The minimum absolute atomic E-state index is 0. The van der Waals surface area contributed by atoms with Crippen LogP contribution >= 0.6 is 0 Å². The molecule has 0 radical (unpaired) electrons. The summed E-state index contributed by atoms with van der Waals surface area (Å²) in [7, 11) is 0. The van der Waals surface area contributed by atoms with Crippen LogP contribution in [0.25, 0.3) is 11.9 Å². The zero-order chi connectivity index (χ0) is 17.3. The zero-order valence-corrected chi connectivity index (χ0v) is 16.0. The SMILES string of the molecule is CC(C)(c1ccnc(-n2[c-]ncn2)n1)c1ccnc(-n2[c-]ncn2)n1.[Pt+2]. The average Bonchev–Trinajstić information content (AvgIpc) is 3.36. The molecular formula is C15H12N10Pt. The van der Waals surface area contributed by atoms with Gasteiger partial charge in [-0.1, -0.05) is 0 Å². The van der Waals surface area contributed by atoms with Gasteiger partial charge in [-0.25, -0.2) is 10.2 Å². The summed E-state index contributed by atoms with van der Waals surface area (Å²) in [5.74, 6) is 0.781. The van der Waals surface area contributed by atoms with Crippen LogP contribution in [0, 0.1) is 12.7 Å². The second-order valence-corrected chi connectivity index (χ2v) is 5.65. The minimum Gasteiger partial charge on any atom is -0.353 e. The zero-order valence-electron chi connectivity index (χ0n) is 13.8. The van der Waals surface area contributed by atoms with E-state index in [4.69, 9.17) is 0 Å². The third-order valence-electron chi connectivity index (χ3n) is 3.70. The number of rotatable bonds is 4. The van der Waals surface area contributed by atoms with E-state index in [-0.39, 0.29) is 21.1 Å². The molecule has 0 saturated heterocycles. The minimum atomic E-state index is -0.503.